The van der Waals surface area contributed by atoms with Gasteiger partial charge in [0.1, 0.15) is 5.69 Å². The summed E-state index contributed by atoms with van der Waals surface area (Å²) < 4.78 is 4.97. The van der Waals surface area contributed by atoms with Gasteiger partial charge in [0.25, 0.3) is 17.3 Å². The first-order chi connectivity index (χ1) is 12.3. The van der Waals surface area contributed by atoms with Gasteiger partial charge < -0.3 is 10.1 Å². The molecule has 2 aromatic rings. The van der Waals surface area contributed by atoms with Crippen molar-refractivity contribution in [2.24, 2.45) is 0 Å². The molecule has 0 saturated carbocycles. The number of hydrogen-bond donors (Lipinski definition) is 1. The van der Waals surface area contributed by atoms with Gasteiger partial charge >= 0.3 is 5.97 Å². The number of benzene rings is 2. The van der Waals surface area contributed by atoms with Crippen LogP contribution >= 0.6 is 15.9 Å². The number of anilines is 1. The molecule has 0 aliphatic heterocycles. The lowest BCUT2D eigenvalue weighted by Crippen LogP contribution is -2.21. The normalized spacial score (nSPS) is 10.0. The minimum Gasteiger partial charge on any atom is -0.452 e. The monoisotopic (exact) mass is 423 g/mol. The minimum absolute atomic E-state index is 0.0437. The van der Waals surface area contributed by atoms with Crippen LogP contribution in [0.3, 0.4) is 0 Å². The average Bonchev–Trinajstić information content (AvgIpc) is 2.60. The summed E-state index contributed by atoms with van der Waals surface area (Å²) >= 11 is 2.98. The van der Waals surface area contributed by atoms with E-state index in [0.717, 1.165) is 6.07 Å². The molecule has 134 valence electrons. The van der Waals surface area contributed by atoms with Gasteiger partial charge in [0.15, 0.2) is 6.61 Å². The molecule has 0 atom stereocenters. The van der Waals surface area contributed by atoms with Crippen molar-refractivity contribution in [3.8, 4) is 0 Å². The lowest BCUT2D eigenvalue weighted by Gasteiger charge is -2.07. The molecule has 1 amide bonds. The van der Waals surface area contributed by atoms with Crippen molar-refractivity contribution in [2.45, 2.75) is 0 Å². The number of nitrogens with one attached hydrogen (secondary N) is 1. The van der Waals surface area contributed by atoms with Gasteiger partial charge in [-0.25, -0.2) is 4.79 Å². The molecule has 0 saturated heterocycles. The molecule has 0 aromatic heterocycles. The number of rotatable bonds is 6. The zero-order chi connectivity index (χ0) is 19.3. The molecule has 0 unspecified atom stereocenters. The topological polar surface area (TPSA) is 142 Å². The summed E-state index contributed by atoms with van der Waals surface area (Å²) in [6, 6.07) is 9.08. The fraction of sp³-hybridized carbons (Fsp3) is 0.0667. The van der Waals surface area contributed by atoms with Crippen molar-refractivity contribution in [2.75, 3.05) is 11.9 Å². The molecule has 0 aliphatic carbocycles. The van der Waals surface area contributed by atoms with Gasteiger partial charge in [0.05, 0.1) is 19.9 Å². The van der Waals surface area contributed by atoms with Gasteiger partial charge in [0.2, 0.25) is 0 Å². The molecule has 11 heteroatoms. The van der Waals surface area contributed by atoms with Crippen LogP contribution in [0.25, 0.3) is 0 Å². The molecule has 10 nitrogen and oxygen atoms in total. The molecule has 2 rings (SSSR count). The second-order valence-corrected chi connectivity index (χ2v) is 5.68. The fourth-order valence-corrected chi connectivity index (χ4v) is 2.31. The van der Waals surface area contributed by atoms with E-state index in [1.807, 2.05) is 0 Å². The van der Waals surface area contributed by atoms with E-state index >= 15 is 0 Å². The highest BCUT2D eigenvalue weighted by Crippen LogP contribution is 2.26. The van der Waals surface area contributed by atoms with E-state index in [4.69, 9.17) is 4.74 Å². The van der Waals surface area contributed by atoms with Crippen molar-refractivity contribution in [3.63, 3.8) is 0 Å². The van der Waals surface area contributed by atoms with Crippen LogP contribution in [0.1, 0.15) is 10.4 Å². The van der Waals surface area contributed by atoms with Crippen molar-refractivity contribution >= 4 is 44.9 Å². The summed E-state index contributed by atoms with van der Waals surface area (Å²) in [7, 11) is 0. The number of ether oxygens (including phenoxy) is 1. The molecule has 0 aliphatic rings. The zero-order valence-corrected chi connectivity index (χ0v) is 14.5. The predicted molar refractivity (Wildman–Crippen MR) is 92.8 cm³/mol. The number of nitrogens with zero attached hydrogens (tertiary/aromatic N) is 2. The van der Waals surface area contributed by atoms with Gasteiger partial charge in [-0.1, -0.05) is 12.1 Å². The van der Waals surface area contributed by atoms with E-state index in [1.54, 1.807) is 0 Å². The third kappa shape index (κ3) is 4.60. The number of para-hydroxylation sites is 2. The molecule has 0 fully saturated rings. The Bertz CT molecular complexity index is 901. The van der Waals surface area contributed by atoms with Gasteiger partial charge in [-0.15, -0.1) is 0 Å². The number of hydrogen-bond acceptors (Lipinski definition) is 7. The van der Waals surface area contributed by atoms with Crippen molar-refractivity contribution in [1.82, 2.24) is 0 Å². The Hall–Kier alpha value is -3.34. The summed E-state index contributed by atoms with van der Waals surface area (Å²) in [4.78, 5) is 44.1. The van der Waals surface area contributed by atoms with Gasteiger partial charge in [-0.2, -0.15) is 0 Å². The van der Waals surface area contributed by atoms with E-state index in [-0.39, 0.29) is 27.1 Å². The van der Waals surface area contributed by atoms with Crippen molar-refractivity contribution in [1.29, 1.82) is 0 Å². The minimum atomic E-state index is -0.946. The highest BCUT2D eigenvalue weighted by Gasteiger charge is 2.19. The van der Waals surface area contributed by atoms with Crippen LogP contribution < -0.4 is 5.32 Å². The number of nitro groups is 2. The van der Waals surface area contributed by atoms with Gasteiger partial charge in [-0.05, 0) is 34.1 Å². The molecular formula is C15H10BrN3O7. The van der Waals surface area contributed by atoms with Gasteiger partial charge in [-0.3, -0.25) is 25.0 Å². The summed E-state index contributed by atoms with van der Waals surface area (Å²) in [5.41, 5.74) is -0.796. The standard InChI is InChI=1S/C15H10BrN3O7/c16-10-6-5-9(7-13(10)19(24)25)15(21)26-8-14(20)17-11-3-1-2-4-12(11)18(22)23/h1-7H,8H2,(H,17,20). The summed E-state index contributed by atoms with van der Waals surface area (Å²) in [5.74, 6) is -1.74. The Morgan fingerprint density at radius 1 is 1.04 bits per heavy atom. The fourth-order valence-electron chi connectivity index (χ4n) is 1.92. The highest BCUT2D eigenvalue weighted by atomic mass is 79.9. The zero-order valence-electron chi connectivity index (χ0n) is 12.9. The Balaban J connectivity index is 2.02. The van der Waals surface area contributed by atoms with Crippen LogP contribution in [-0.2, 0) is 9.53 Å². The summed E-state index contributed by atoms with van der Waals surface area (Å²) in [6.45, 7) is -0.714. The number of amides is 1. The lowest BCUT2D eigenvalue weighted by atomic mass is 10.2. The number of halogens is 1. The van der Waals surface area contributed by atoms with Crippen molar-refractivity contribution in [3.05, 3.63) is 72.7 Å². The first-order valence-corrected chi connectivity index (χ1v) is 7.73. The molecule has 0 radical (unpaired) electrons. The first-order valence-electron chi connectivity index (χ1n) is 6.94. The van der Waals surface area contributed by atoms with Crippen molar-refractivity contribution < 1.29 is 24.2 Å². The molecule has 0 bridgehead atoms. The Morgan fingerprint density at radius 3 is 2.35 bits per heavy atom. The smallest absolute Gasteiger partial charge is 0.338 e. The number of esters is 1. The molecule has 2 aromatic carbocycles. The van der Waals surface area contributed by atoms with Gasteiger partial charge in [0, 0.05) is 12.1 Å². The quantitative estimate of drug-likeness (QED) is 0.427. The van der Waals surface area contributed by atoms with Crippen LogP contribution in [-0.4, -0.2) is 28.3 Å². The Labute approximate surface area is 154 Å². The van der Waals surface area contributed by atoms with Crippen LogP contribution in [0.2, 0.25) is 0 Å². The molecular weight excluding hydrogens is 414 g/mol. The number of carbonyl (C=O) groups is 2. The molecule has 1 N–H and O–H groups in total. The highest BCUT2D eigenvalue weighted by molar-refractivity contribution is 9.10. The first kappa shape index (κ1) is 19.0. The maximum atomic E-state index is 11.9. The Kier molecular flexibility index (Phi) is 5.96. The van der Waals surface area contributed by atoms with E-state index < -0.39 is 28.3 Å². The maximum Gasteiger partial charge on any atom is 0.338 e. The van der Waals surface area contributed by atoms with Crippen LogP contribution in [0.5, 0.6) is 0 Å². The second-order valence-electron chi connectivity index (χ2n) is 4.82. The van der Waals surface area contributed by atoms with Crippen LogP contribution in [0.4, 0.5) is 17.1 Å². The number of nitro benzene ring substituents is 2. The largest absolute Gasteiger partial charge is 0.452 e. The van der Waals surface area contributed by atoms with E-state index in [9.17, 15) is 29.8 Å². The molecule has 0 heterocycles. The third-order valence-corrected chi connectivity index (χ3v) is 3.76. The molecule has 26 heavy (non-hydrogen) atoms. The van der Waals surface area contributed by atoms with E-state index in [0.29, 0.717) is 0 Å². The SMILES string of the molecule is O=C(COC(=O)c1ccc(Br)c([N+](=O)[O-])c1)Nc1ccccc1[N+](=O)[O-]. The maximum absolute atomic E-state index is 11.9. The Morgan fingerprint density at radius 2 is 1.69 bits per heavy atom. The lowest BCUT2D eigenvalue weighted by molar-refractivity contribution is -0.385. The second kappa shape index (κ2) is 8.16. The predicted octanol–water partition coefficient (Wildman–Crippen LogP) is 3.06. The molecule has 0 spiro atoms. The average molecular weight is 424 g/mol. The van der Waals surface area contributed by atoms with Crippen LogP contribution in [0.15, 0.2) is 46.9 Å². The third-order valence-electron chi connectivity index (χ3n) is 3.09. The summed E-state index contributed by atoms with van der Waals surface area (Å²) in [6.07, 6.45) is 0. The van der Waals surface area contributed by atoms with E-state index in [2.05, 4.69) is 21.2 Å². The van der Waals surface area contributed by atoms with E-state index in [1.165, 1.54) is 36.4 Å². The number of carbonyl (C=O) groups excluding carboxylic acids is 2. The van der Waals surface area contributed by atoms with Crippen LogP contribution in [0, 0.1) is 20.2 Å². The summed E-state index contributed by atoms with van der Waals surface area (Å²) in [5, 5.41) is 24.0.